The third kappa shape index (κ3) is 5.08. The maximum Gasteiger partial charge on any atom is 0.207 e. The number of benzene rings is 1. The molecule has 1 rings (SSSR count). The van der Waals surface area contributed by atoms with Crippen LogP contribution in [-0.4, -0.2) is 24.4 Å². The van der Waals surface area contributed by atoms with E-state index in [9.17, 15) is 10.2 Å². The molecule has 0 heterocycles. The quantitative estimate of drug-likeness (QED) is 0.460. The SMILES string of the molecule is CCCCCCCC/C=C/c1c(C)c(O)c(OC)c(OC)c1O. The van der Waals surface area contributed by atoms with Gasteiger partial charge in [0.1, 0.15) is 0 Å². The molecule has 0 radical (unpaired) electrons. The van der Waals surface area contributed by atoms with E-state index < -0.39 is 0 Å². The van der Waals surface area contributed by atoms with Crippen molar-refractivity contribution < 1.29 is 19.7 Å². The summed E-state index contributed by atoms with van der Waals surface area (Å²) in [5, 5.41) is 20.5. The Labute approximate surface area is 139 Å². The molecule has 2 N–H and O–H groups in total. The second-order valence-electron chi connectivity index (χ2n) is 5.76. The Balaban J connectivity index is 2.73. The average Bonchev–Trinajstić information content (AvgIpc) is 2.55. The molecule has 0 aliphatic carbocycles. The molecule has 130 valence electrons. The first-order chi connectivity index (χ1) is 11.1. The third-order valence-electron chi connectivity index (χ3n) is 4.07. The van der Waals surface area contributed by atoms with E-state index in [0.29, 0.717) is 11.1 Å². The first-order valence-electron chi connectivity index (χ1n) is 8.41. The molecular formula is C19H30O4. The van der Waals surface area contributed by atoms with E-state index in [-0.39, 0.29) is 23.0 Å². The lowest BCUT2D eigenvalue weighted by atomic mass is 10.0. The predicted octanol–water partition coefficient (Wildman–Crippen LogP) is 5.19. The van der Waals surface area contributed by atoms with Gasteiger partial charge in [-0.15, -0.1) is 0 Å². The molecule has 0 unspecified atom stereocenters. The predicted molar refractivity (Wildman–Crippen MR) is 94.6 cm³/mol. The molecular weight excluding hydrogens is 292 g/mol. The van der Waals surface area contributed by atoms with Crippen LogP contribution in [-0.2, 0) is 0 Å². The highest BCUT2D eigenvalue weighted by Gasteiger charge is 2.21. The molecule has 1 aromatic rings. The number of unbranched alkanes of at least 4 members (excludes halogenated alkanes) is 6. The molecule has 0 aliphatic rings. The number of phenolic OH excluding ortho intramolecular Hbond substituents is 2. The van der Waals surface area contributed by atoms with Gasteiger partial charge in [0.05, 0.1) is 14.2 Å². The normalized spacial score (nSPS) is 11.1. The molecule has 4 heteroatoms. The molecule has 4 nitrogen and oxygen atoms in total. The fraction of sp³-hybridized carbons (Fsp3) is 0.579. The van der Waals surface area contributed by atoms with E-state index in [1.165, 1.54) is 46.3 Å². The number of ether oxygens (including phenoxy) is 2. The van der Waals surface area contributed by atoms with Crippen LogP contribution in [0.2, 0.25) is 0 Å². The number of allylic oxidation sites excluding steroid dienone is 1. The van der Waals surface area contributed by atoms with E-state index >= 15 is 0 Å². The van der Waals surface area contributed by atoms with Gasteiger partial charge in [-0.2, -0.15) is 0 Å². The smallest absolute Gasteiger partial charge is 0.207 e. The van der Waals surface area contributed by atoms with Gasteiger partial charge in [0, 0.05) is 11.1 Å². The Morgan fingerprint density at radius 1 is 0.870 bits per heavy atom. The number of phenols is 2. The molecule has 0 aromatic heterocycles. The van der Waals surface area contributed by atoms with E-state index in [2.05, 4.69) is 6.92 Å². The summed E-state index contributed by atoms with van der Waals surface area (Å²) >= 11 is 0. The molecule has 0 saturated carbocycles. The Morgan fingerprint density at radius 3 is 2.04 bits per heavy atom. The van der Waals surface area contributed by atoms with Crippen LogP contribution in [0.3, 0.4) is 0 Å². The van der Waals surface area contributed by atoms with Crippen molar-refractivity contribution in [2.45, 2.75) is 58.8 Å². The van der Waals surface area contributed by atoms with Crippen LogP contribution in [0.1, 0.15) is 63.0 Å². The second kappa shape index (κ2) is 10.0. The second-order valence-corrected chi connectivity index (χ2v) is 5.76. The number of hydrogen-bond acceptors (Lipinski definition) is 4. The molecule has 1 aromatic carbocycles. The molecule has 0 amide bonds. The van der Waals surface area contributed by atoms with E-state index in [0.717, 1.165) is 12.8 Å². The standard InChI is InChI=1S/C19H30O4/c1-5-6-7-8-9-10-11-12-13-15-14(2)16(20)18(22-3)19(23-4)17(15)21/h12-13,20-21H,5-11H2,1-4H3/b13-12+. The summed E-state index contributed by atoms with van der Waals surface area (Å²) in [7, 11) is 2.88. The van der Waals surface area contributed by atoms with E-state index in [1.807, 2.05) is 12.2 Å². The van der Waals surface area contributed by atoms with Crippen molar-refractivity contribution in [3.8, 4) is 23.0 Å². The van der Waals surface area contributed by atoms with Crippen LogP contribution in [0.5, 0.6) is 23.0 Å². The number of rotatable bonds is 10. The van der Waals surface area contributed by atoms with Gasteiger partial charge in [0.2, 0.25) is 11.5 Å². The molecule has 0 saturated heterocycles. The minimum absolute atomic E-state index is 0.00107. The Kier molecular flexibility index (Phi) is 8.38. The maximum atomic E-state index is 10.3. The maximum absolute atomic E-state index is 10.3. The number of hydrogen-bond donors (Lipinski definition) is 2. The van der Waals surface area contributed by atoms with Gasteiger partial charge in [-0.25, -0.2) is 0 Å². The van der Waals surface area contributed by atoms with E-state index in [4.69, 9.17) is 9.47 Å². The molecule has 0 spiro atoms. The monoisotopic (exact) mass is 322 g/mol. The van der Waals surface area contributed by atoms with Gasteiger partial charge in [-0.05, 0) is 19.8 Å². The number of methoxy groups -OCH3 is 2. The fourth-order valence-corrected chi connectivity index (χ4v) is 2.64. The lowest BCUT2D eigenvalue weighted by Gasteiger charge is -2.16. The highest BCUT2D eigenvalue weighted by Crippen LogP contribution is 2.48. The Morgan fingerprint density at radius 2 is 1.43 bits per heavy atom. The number of aromatic hydroxyl groups is 2. The zero-order valence-corrected chi connectivity index (χ0v) is 14.8. The summed E-state index contributed by atoms with van der Waals surface area (Å²) in [5.41, 5.74) is 1.16. The molecule has 0 atom stereocenters. The van der Waals surface area contributed by atoms with Crippen LogP contribution < -0.4 is 9.47 Å². The van der Waals surface area contributed by atoms with Crippen molar-refractivity contribution in [2.24, 2.45) is 0 Å². The summed E-state index contributed by atoms with van der Waals surface area (Å²) in [5.74, 6) is 0.325. The molecule has 0 aliphatic heterocycles. The summed E-state index contributed by atoms with van der Waals surface area (Å²) in [6.45, 7) is 3.97. The molecule has 23 heavy (non-hydrogen) atoms. The van der Waals surface area contributed by atoms with Gasteiger partial charge < -0.3 is 19.7 Å². The third-order valence-corrected chi connectivity index (χ3v) is 4.07. The van der Waals surface area contributed by atoms with Crippen LogP contribution in [0, 0.1) is 6.92 Å². The lowest BCUT2D eigenvalue weighted by molar-refractivity contribution is 0.315. The molecule has 0 fully saturated rings. The average molecular weight is 322 g/mol. The van der Waals surface area contributed by atoms with Crippen molar-refractivity contribution in [2.75, 3.05) is 14.2 Å². The zero-order valence-electron chi connectivity index (χ0n) is 14.8. The van der Waals surface area contributed by atoms with Crippen LogP contribution in [0.15, 0.2) is 6.08 Å². The summed E-state index contributed by atoms with van der Waals surface area (Å²) in [6, 6.07) is 0. The van der Waals surface area contributed by atoms with Gasteiger partial charge in [0.15, 0.2) is 11.5 Å². The Bertz CT molecular complexity index is 521. The van der Waals surface area contributed by atoms with Gasteiger partial charge >= 0.3 is 0 Å². The lowest BCUT2D eigenvalue weighted by Crippen LogP contribution is -1.96. The van der Waals surface area contributed by atoms with Gasteiger partial charge in [-0.1, -0.05) is 51.2 Å². The summed E-state index contributed by atoms with van der Waals surface area (Å²) in [4.78, 5) is 0. The minimum Gasteiger partial charge on any atom is -0.504 e. The summed E-state index contributed by atoms with van der Waals surface area (Å²) in [6.07, 6.45) is 12.4. The van der Waals surface area contributed by atoms with Gasteiger partial charge in [0.25, 0.3) is 0 Å². The van der Waals surface area contributed by atoms with Crippen LogP contribution in [0.25, 0.3) is 6.08 Å². The first kappa shape index (κ1) is 19.2. The zero-order chi connectivity index (χ0) is 17.2. The molecule has 0 bridgehead atoms. The van der Waals surface area contributed by atoms with Crippen molar-refractivity contribution in [1.29, 1.82) is 0 Å². The van der Waals surface area contributed by atoms with Crippen molar-refractivity contribution >= 4 is 6.08 Å². The van der Waals surface area contributed by atoms with Crippen molar-refractivity contribution in [1.82, 2.24) is 0 Å². The largest absolute Gasteiger partial charge is 0.504 e. The van der Waals surface area contributed by atoms with E-state index in [1.54, 1.807) is 6.92 Å². The highest BCUT2D eigenvalue weighted by atomic mass is 16.5. The highest BCUT2D eigenvalue weighted by molar-refractivity contribution is 5.74. The van der Waals surface area contributed by atoms with Crippen molar-refractivity contribution in [3.05, 3.63) is 17.2 Å². The summed E-state index contributed by atoms with van der Waals surface area (Å²) < 4.78 is 10.3. The fourth-order valence-electron chi connectivity index (χ4n) is 2.64. The van der Waals surface area contributed by atoms with Crippen molar-refractivity contribution in [3.63, 3.8) is 0 Å². The van der Waals surface area contributed by atoms with Crippen LogP contribution in [0.4, 0.5) is 0 Å². The minimum atomic E-state index is -0.00107. The Hall–Kier alpha value is -1.84. The van der Waals surface area contributed by atoms with Gasteiger partial charge in [-0.3, -0.25) is 0 Å². The topological polar surface area (TPSA) is 58.9 Å². The first-order valence-corrected chi connectivity index (χ1v) is 8.41. The van der Waals surface area contributed by atoms with Crippen LogP contribution >= 0.6 is 0 Å².